The first-order valence-corrected chi connectivity index (χ1v) is 12.0. The van der Waals surface area contributed by atoms with E-state index in [1.165, 1.54) is 16.7 Å². The van der Waals surface area contributed by atoms with Crippen molar-refractivity contribution in [1.29, 1.82) is 0 Å². The van der Waals surface area contributed by atoms with Crippen molar-refractivity contribution in [2.45, 2.75) is 28.8 Å². The number of carbonyl (C=O) groups is 2. The van der Waals surface area contributed by atoms with Crippen LogP contribution in [0, 0.1) is 0 Å². The number of methoxy groups -OCH3 is 1. The van der Waals surface area contributed by atoms with Crippen LogP contribution >= 0.6 is 35.1 Å². The van der Waals surface area contributed by atoms with Gasteiger partial charge in [-0.05, 0) is 29.3 Å². The standard InChI is InChI=1S/C22H21ClN2O4S2/c1-28-15-8-6-13(7-9-15)11-29-22(27)19-17(12-30-21-18(24)20(26)25(19)21)31-16-5-3-2-4-14(16)10-23/h2-9,18,21H,10-12,24H2,1H3/t18-,21-/m1/s1. The molecule has 2 N–H and O–H groups in total. The Bertz CT molecular complexity index is 1030. The number of rotatable bonds is 7. The number of β-lactam (4-membered cyclic amide) rings is 1. The van der Waals surface area contributed by atoms with Gasteiger partial charge in [0, 0.05) is 21.4 Å². The molecule has 2 aliphatic heterocycles. The van der Waals surface area contributed by atoms with Crippen LogP contribution in [0.25, 0.3) is 0 Å². The van der Waals surface area contributed by atoms with Crippen LogP contribution in [0.4, 0.5) is 0 Å². The molecule has 0 spiro atoms. The van der Waals surface area contributed by atoms with Gasteiger partial charge in [0.05, 0.1) is 7.11 Å². The predicted molar refractivity (Wildman–Crippen MR) is 123 cm³/mol. The summed E-state index contributed by atoms with van der Waals surface area (Å²) in [6.45, 7) is 0.0917. The first kappa shape index (κ1) is 22.1. The number of fused-ring (bicyclic) bond motifs is 1. The van der Waals surface area contributed by atoms with E-state index in [0.29, 0.717) is 11.6 Å². The number of ether oxygens (including phenoxy) is 2. The number of alkyl halides is 1. The largest absolute Gasteiger partial charge is 0.497 e. The topological polar surface area (TPSA) is 81.9 Å². The number of nitrogens with zero attached hydrogens (tertiary/aromatic N) is 1. The second-order valence-electron chi connectivity index (χ2n) is 6.97. The lowest BCUT2D eigenvalue weighted by Gasteiger charge is -2.48. The zero-order valence-electron chi connectivity index (χ0n) is 16.7. The normalized spacial score (nSPS) is 20.2. The van der Waals surface area contributed by atoms with Crippen LogP contribution in [0.15, 0.2) is 64.0 Å². The van der Waals surface area contributed by atoms with E-state index in [2.05, 4.69) is 0 Å². The third-order valence-corrected chi connectivity index (χ3v) is 8.02. The molecule has 2 atom stereocenters. The summed E-state index contributed by atoms with van der Waals surface area (Å²) in [4.78, 5) is 28.8. The van der Waals surface area contributed by atoms with E-state index in [1.807, 2.05) is 36.4 Å². The summed E-state index contributed by atoms with van der Waals surface area (Å²) in [6.07, 6.45) is 0. The summed E-state index contributed by atoms with van der Waals surface area (Å²) in [6, 6.07) is 14.4. The molecule has 31 heavy (non-hydrogen) atoms. The molecule has 0 radical (unpaired) electrons. The van der Waals surface area contributed by atoms with E-state index >= 15 is 0 Å². The molecule has 162 valence electrons. The van der Waals surface area contributed by atoms with Gasteiger partial charge in [-0.1, -0.05) is 42.1 Å². The molecule has 9 heteroatoms. The number of carbonyl (C=O) groups excluding carboxylic acids is 2. The van der Waals surface area contributed by atoms with E-state index in [9.17, 15) is 9.59 Å². The van der Waals surface area contributed by atoms with Crippen molar-refractivity contribution in [3.05, 3.63) is 70.3 Å². The van der Waals surface area contributed by atoms with Crippen LogP contribution in [0.3, 0.4) is 0 Å². The van der Waals surface area contributed by atoms with Crippen LogP contribution < -0.4 is 10.5 Å². The van der Waals surface area contributed by atoms with Crippen molar-refractivity contribution in [1.82, 2.24) is 4.90 Å². The molecular weight excluding hydrogens is 456 g/mol. The number of hydrogen-bond acceptors (Lipinski definition) is 7. The molecule has 1 saturated heterocycles. The van der Waals surface area contributed by atoms with E-state index in [4.69, 9.17) is 26.8 Å². The molecular formula is C22H21ClN2O4S2. The van der Waals surface area contributed by atoms with Gasteiger partial charge in [-0.15, -0.1) is 23.4 Å². The van der Waals surface area contributed by atoms with E-state index in [1.54, 1.807) is 31.0 Å². The number of thioether (sulfide) groups is 2. The Morgan fingerprint density at radius 3 is 2.71 bits per heavy atom. The lowest BCUT2D eigenvalue weighted by atomic mass is 10.1. The summed E-state index contributed by atoms with van der Waals surface area (Å²) in [7, 11) is 1.59. The number of nitrogens with two attached hydrogens (primary N) is 1. The first-order chi connectivity index (χ1) is 15.0. The van der Waals surface area contributed by atoms with Crippen LogP contribution in [0.2, 0.25) is 0 Å². The molecule has 0 bridgehead atoms. The van der Waals surface area contributed by atoms with Crippen LogP contribution in [-0.4, -0.2) is 41.1 Å². The summed E-state index contributed by atoms with van der Waals surface area (Å²) in [5.74, 6) is 0.846. The van der Waals surface area contributed by atoms with Crippen molar-refractivity contribution in [2.24, 2.45) is 5.73 Å². The number of esters is 1. The van der Waals surface area contributed by atoms with Gasteiger partial charge in [-0.25, -0.2) is 4.79 Å². The molecule has 6 nitrogen and oxygen atoms in total. The highest BCUT2D eigenvalue weighted by Gasteiger charge is 2.52. The molecule has 1 amide bonds. The van der Waals surface area contributed by atoms with E-state index in [-0.39, 0.29) is 23.6 Å². The van der Waals surface area contributed by atoms with Crippen LogP contribution in [0.5, 0.6) is 5.75 Å². The summed E-state index contributed by atoms with van der Waals surface area (Å²) < 4.78 is 10.7. The highest BCUT2D eigenvalue weighted by atomic mass is 35.5. The van der Waals surface area contributed by atoms with Crippen molar-refractivity contribution < 1.29 is 19.1 Å². The molecule has 2 aromatic rings. The fourth-order valence-electron chi connectivity index (χ4n) is 3.34. The quantitative estimate of drug-likeness (QED) is 0.370. The molecule has 2 aliphatic rings. The lowest BCUT2D eigenvalue weighted by Crippen LogP contribution is -2.68. The zero-order chi connectivity index (χ0) is 22.0. The third kappa shape index (κ3) is 4.43. The number of hydrogen-bond donors (Lipinski definition) is 1. The maximum atomic E-state index is 13.1. The molecule has 0 aliphatic carbocycles. The molecule has 4 rings (SSSR count). The Hall–Kier alpha value is -2.13. The minimum atomic E-state index is -0.601. The average molecular weight is 477 g/mol. The maximum absolute atomic E-state index is 13.1. The van der Waals surface area contributed by atoms with Crippen molar-refractivity contribution >= 4 is 47.0 Å². The van der Waals surface area contributed by atoms with Gasteiger partial charge in [0.15, 0.2) is 0 Å². The Morgan fingerprint density at radius 2 is 2.00 bits per heavy atom. The Balaban J connectivity index is 1.59. The number of benzene rings is 2. The van der Waals surface area contributed by atoms with Crippen LogP contribution in [-0.2, 0) is 26.8 Å². The van der Waals surface area contributed by atoms with Crippen molar-refractivity contribution in [2.75, 3.05) is 12.9 Å². The molecule has 0 unspecified atom stereocenters. The van der Waals surface area contributed by atoms with Gasteiger partial charge in [0.2, 0.25) is 5.91 Å². The summed E-state index contributed by atoms with van der Waals surface area (Å²) in [5, 5.41) is -0.247. The average Bonchev–Trinajstić information content (AvgIpc) is 2.82. The highest BCUT2D eigenvalue weighted by molar-refractivity contribution is 8.06. The first-order valence-electron chi connectivity index (χ1n) is 9.58. The van der Waals surface area contributed by atoms with Gasteiger partial charge in [0.25, 0.3) is 0 Å². The fourth-order valence-corrected chi connectivity index (χ4v) is 6.20. The molecule has 0 aromatic heterocycles. The van der Waals surface area contributed by atoms with Gasteiger partial charge in [-0.2, -0.15) is 0 Å². The Kier molecular flexibility index (Phi) is 6.81. The number of amides is 1. The minimum Gasteiger partial charge on any atom is -0.497 e. The second kappa shape index (κ2) is 9.56. The van der Waals surface area contributed by atoms with Crippen molar-refractivity contribution in [3.8, 4) is 5.75 Å². The molecule has 1 fully saturated rings. The fraction of sp³-hybridized carbons (Fsp3) is 0.273. The SMILES string of the molecule is COc1ccc(COC(=O)C2=C(Sc3ccccc3CCl)CS[C@@H]3[C@H](N)C(=O)N23)cc1. The minimum absolute atomic E-state index is 0.0917. The van der Waals surface area contributed by atoms with Gasteiger partial charge in [0.1, 0.15) is 29.5 Å². The summed E-state index contributed by atoms with van der Waals surface area (Å²) >= 11 is 9.07. The van der Waals surface area contributed by atoms with E-state index < -0.39 is 12.0 Å². The number of halogens is 1. The second-order valence-corrected chi connectivity index (χ2v) is 9.48. The lowest BCUT2D eigenvalue weighted by molar-refractivity contribution is -0.151. The third-order valence-electron chi connectivity index (χ3n) is 5.05. The monoisotopic (exact) mass is 476 g/mol. The molecule has 2 aromatic carbocycles. The molecule has 2 heterocycles. The maximum Gasteiger partial charge on any atom is 0.356 e. The van der Waals surface area contributed by atoms with Gasteiger partial charge >= 0.3 is 5.97 Å². The summed E-state index contributed by atoms with van der Waals surface area (Å²) in [5.41, 5.74) is 8.02. The van der Waals surface area contributed by atoms with Gasteiger partial charge < -0.3 is 15.2 Å². The highest BCUT2D eigenvalue weighted by Crippen LogP contribution is 2.45. The van der Waals surface area contributed by atoms with Crippen LogP contribution in [0.1, 0.15) is 11.1 Å². The van der Waals surface area contributed by atoms with Gasteiger partial charge in [-0.3, -0.25) is 9.69 Å². The Morgan fingerprint density at radius 1 is 1.26 bits per heavy atom. The Labute approximate surface area is 194 Å². The van der Waals surface area contributed by atoms with E-state index in [0.717, 1.165) is 26.7 Å². The smallest absolute Gasteiger partial charge is 0.356 e. The van der Waals surface area contributed by atoms with Crippen molar-refractivity contribution in [3.63, 3.8) is 0 Å². The predicted octanol–water partition coefficient (Wildman–Crippen LogP) is 3.72. The zero-order valence-corrected chi connectivity index (χ0v) is 19.1. The molecule has 0 saturated carbocycles.